The first-order chi connectivity index (χ1) is 22.9. The number of rotatable bonds is 16. The monoisotopic (exact) mass is 652 g/mol. The molecule has 2 aromatic carbocycles. The first-order valence-corrected chi connectivity index (χ1v) is 16.2. The quantitative estimate of drug-likeness (QED) is 0.184. The number of carbonyl (C=O) groups is 4. The molecule has 4 atom stereocenters. The molecule has 47 heavy (non-hydrogen) atoms. The Morgan fingerprint density at radius 1 is 0.511 bits per heavy atom. The van der Waals surface area contributed by atoms with Crippen LogP contribution in [0.25, 0.3) is 0 Å². The van der Waals surface area contributed by atoms with Crippen LogP contribution in [0.4, 0.5) is 25.8 Å². The van der Waals surface area contributed by atoms with Gasteiger partial charge in [0.05, 0.1) is 13.0 Å². The smallest absolute Gasteiger partial charge is 0.465 e. The summed E-state index contributed by atoms with van der Waals surface area (Å²) < 4.78 is 35.6. The van der Waals surface area contributed by atoms with Gasteiger partial charge in [-0.3, -0.25) is 4.79 Å². The lowest BCUT2D eigenvalue weighted by atomic mass is 10.0. The summed E-state index contributed by atoms with van der Waals surface area (Å²) in [4.78, 5) is 50.1. The van der Waals surface area contributed by atoms with Crippen LogP contribution < -0.4 is 9.80 Å². The van der Waals surface area contributed by atoms with Crippen molar-refractivity contribution in [2.75, 3.05) is 62.4 Å². The highest BCUT2D eigenvalue weighted by Crippen LogP contribution is 2.25. The molecule has 252 valence electrons. The number of benzene rings is 2. The minimum atomic E-state index is -0.634. The van der Waals surface area contributed by atoms with Crippen molar-refractivity contribution in [3.63, 3.8) is 0 Å². The summed E-state index contributed by atoms with van der Waals surface area (Å²) in [5.41, 5.74) is 4.40. The van der Waals surface area contributed by atoms with E-state index in [1.807, 2.05) is 0 Å². The Morgan fingerprint density at radius 3 is 1.26 bits per heavy atom. The second kappa shape index (κ2) is 15.3. The molecule has 0 saturated carbocycles. The summed E-state index contributed by atoms with van der Waals surface area (Å²) in [5, 5.41) is 0. The number of anilines is 2. The minimum absolute atomic E-state index is 0.139. The Balaban J connectivity index is 1.06. The van der Waals surface area contributed by atoms with Crippen LogP contribution in [0.1, 0.15) is 43.2 Å². The lowest BCUT2D eigenvalue weighted by Gasteiger charge is -2.27. The second-order valence-electron chi connectivity index (χ2n) is 12.3. The van der Waals surface area contributed by atoms with Gasteiger partial charge in [-0.05, 0) is 48.2 Å². The molecule has 13 heteroatoms. The zero-order valence-electron chi connectivity index (χ0n) is 26.2. The minimum Gasteiger partial charge on any atom is -0.465 e. The van der Waals surface area contributed by atoms with Gasteiger partial charge in [-0.15, -0.1) is 0 Å². The van der Waals surface area contributed by atoms with Gasteiger partial charge in [-0.2, -0.15) is 0 Å². The van der Waals surface area contributed by atoms with Crippen molar-refractivity contribution in [3.8, 4) is 0 Å². The molecular formula is C34H40N2O11. The number of cyclic esters (lactones) is 7. The van der Waals surface area contributed by atoms with Gasteiger partial charge in [0, 0.05) is 62.7 Å². The highest BCUT2D eigenvalue weighted by molar-refractivity contribution is 5.71. The molecule has 4 saturated heterocycles. The molecular weight excluding hydrogens is 612 g/mol. The standard InChI is InChI=1S/C34H40N2O11/c37-31-18-25(19-41-31)9-13-35(14-10-28-20-42-32(38)45-28)26-5-1-23(2-6-26)17-24-3-7-27(8-4-24)36(15-11-29-21-43-33(39)46-29)16-12-30-22-44-34(40)47-30/h1-8,25,28-30H,9-22H2. The Morgan fingerprint density at radius 2 is 0.915 bits per heavy atom. The SMILES string of the molecule is O=C1CC(CCN(CCC2COC(=O)O2)c2ccc(Cc3ccc(N(CCC4COC(=O)O4)CCC4COC(=O)O4)cc3)cc2)CO1. The van der Waals surface area contributed by atoms with Crippen molar-refractivity contribution in [2.45, 2.75) is 56.8 Å². The maximum absolute atomic E-state index is 11.6. The van der Waals surface area contributed by atoms with E-state index in [0.717, 1.165) is 41.9 Å². The van der Waals surface area contributed by atoms with Crippen molar-refractivity contribution >= 4 is 35.8 Å². The van der Waals surface area contributed by atoms with E-state index < -0.39 is 18.5 Å². The highest BCUT2D eigenvalue weighted by Gasteiger charge is 2.29. The van der Waals surface area contributed by atoms with E-state index in [9.17, 15) is 19.2 Å². The molecule has 6 rings (SSSR count). The molecule has 4 heterocycles. The third-order valence-corrected chi connectivity index (χ3v) is 8.87. The summed E-state index contributed by atoms with van der Waals surface area (Å²) in [6.07, 6.45) is 1.19. The van der Waals surface area contributed by atoms with Crippen LogP contribution >= 0.6 is 0 Å². The first-order valence-electron chi connectivity index (χ1n) is 16.2. The van der Waals surface area contributed by atoms with Gasteiger partial charge < -0.3 is 43.0 Å². The van der Waals surface area contributed by atoms with E-state index >= 15 is 0 Å². The van der Waals surface area contributed by atoms with Gasteiger partial charge in [0.1, 0.15) is 38.1 Å². The predicted octanol–water partition coefficient (Wildman–Crippen LogP) is 4.62. The Bertz CT molecular complexity index is 1230. The summed E-state index contributed by atoms with van der Waals surface area (Å²) in [5.74, 6) is 0.0685. The maximum atomic E-state index is 11.6. The fourth-order valence-electron chi connectivity index (χ4n) is 6.13. The fourth-order valence-corrected chi connectivity index (χ4v) is 6.13. The fraction of sp³-hybridized carbons (Fsp3) is 0.529. The maximum Gasteiger partial charge on any atom is 0.508 e. The summed E-state index contributed by atoms with van der Waals surface area (Å²) >= 11 is 0. The van der Waals surface area contributed by atoms with Crippen molar-refractivity contribution in [2.24, 2.45) is 5.92 Å². The second-order valence-corrected chi connectivity index (χ2v) is 12.3. The van der Waals surface area contributed by atoms with Crippen LogP contribution in [0.15, 0.2) is 48.5 Å². The van der Waals surface area contributed by atoms with Crippen LogP contribution in [0, 0.1) is 5.92 Å². The van der Waals surface area contributed by atoms with Crippen molar-refractivity contribution < 1.29 is 52.3 Å². The van der Waals surface area contributed by atoms with E-state index in [0.29, 0.717) is 51.9 Å². The number of hydrogen-bond acceptors (Lipinski definition) is 13. The number of esters is 1. The molecule has 0 radical (unpaired) electrons. The molecule has 0 spiro atoms. The largest absolute Gasteiger partial charge is 0.508 e. The molecule has 4 unspecified atom stereocenters. The van der Waals surface area contributed by atoms with E-state index in [1.54, 1.807) is 0 Å². The zero-order valence-corrected chi connectivity index (χ0v) is 26.2. The van der Waals surface area contributed by atoms with Crippen molar-refractivity contribution in [1.82, 2.24) is 0 Å². The molecule has 13 nitrogen and oxygen atoms in total. The third kappa shape index (κ3) is 9.20. The van der Waals surface area contributed by atoms with Gasteiger partial charge >= 0.3 is 24.4 Å². The van der Waals surface area contributed by atoms with Crippen molar-refractivity contribution in [3.05, 3.63) is 59.7 Å². The van der Waals surface area contributed by atoms with E-state index in [1.165, 1.54) is 0 Å². The topological polar surface area (TPSA) is 139 Å². The lowest BCUT2D eigenvalue weighted by molar-refractivity contribution is -0.137. The normalized spacial score (nSPS) is 23.3. The van der Waals surface area contributed by atoms with Gasteiger partial charge in [0.15, 0.2) is 0 Å². The molecule has 2 aromatic rings. The molecule has 4 aliphatic heterocycles. The predicted molar refractivity (Wildman–Crippen MR) is 166 cm³/mol. The summed E-state index contributed by atoms with van der Waals surface area (Å²) in [7, 11) is 0. The Labute approximate surface area is 272 Å². The van der Waals surface area contributed by atoms with Crippen LogP contribution in [-0.2, 0) is 44.4 Å². The zero-order chi connectivity index (χ0) is 32.6. The molecule has 4 aliphatic rings. The van der Waals surface area contributed by atoms with E-state index in [4.69, 9.17) is 33.2 Å². The van der Waals surface area contributed by atoms with Crippen LogP contribution in [0.5, 0.6) is 0 Å². The number of hydrogen-bond donors (Lipinski definition) is 0. The Kier molecular flexibility index (Phi) is 10.5. The average Bonchev–Trinajstić information content (AvgIpc) is 3.88. The van der Waals surface area contributed by atoms with Gasteiger partial charge in [-0.25, -0.2) is 14.4 Å². The summed E-state index contributed by atoms with van der Waals surface area (Å²) in [6, 6.07) is 16.8. The van der Waals surface area contributed by atoms with Crippen LogP contribution in [-0.4, -0.2) is 95.4 Å². The molecule has 0 N–H and O–H groups in total. The first kappa shape index (κ1) is 32.3. The van der Waals surface area contributed by atoms with Crippen LogP contribution in [0.2, 0.25) is 0 Å². The molecule has 0 aromatic heterocycles. The Hall–Kier alpha value is -4.68. The van der Waals surface area contributed by atoms with E-state index in [-0.39, 0.29) is 50.0 Å². The molecule has 0 amide bonds. The third-order valence-electron chi connectivity index (χ3n) is 8.87. The lowest BCUT2D eigenvalue weighted by Crippen LogP contribution is -2.31. The molecule has 0 aliphatic carbocycles. The average molecular weight is 653 g/mol. The van der Waals surface area contributed by atoms with Gasteiger partial charge in [-0.1, -0.05) is 24.3 Å². The number of carbonyl (C=O) groups excluding carboxylic acids is 4. The molecule has 0 bridgehead atoms. The van der Waals surface area contributed by atoms with Gasteiger partial charge in [0.25, 0.3) is 0 Å². The van der Waals surface area contributed by atoms with Crippen LogP contribution in [0.3, 0.4) is 0 Å². The van der Waals surface area contributed by atoms with E-state index in [2.05, 4.69) is 58.3 Å². The number of nitrogens with zero attached hydrogens (tertiary/aromatic N) is 2. The van der Waals surface area contributed by atoms with Gasteiger partial charge in [0.2, 0.25) is 0 Å². The molecule has 4 fully saturated rings. The van der Waals surface area contributed by atoms with Crippen molar-refractivity contribution in [1.29, 1.82) is 0 Å². The number of ether oxygens (including phenoxy) is 7. The summed E-state index contributed by atoms with van der Waals surface area (Å²) in [6.45, 7) is 3.95. The highest BCUT2D eigenvalue weighted by atomic mass is 16.8.